The van der Waals surface area contributed by atoms with E-state index < -0.39 is 5.60 Å². The quantitative estimate of drug-likeness (QED) is 0.489. The molecule has 4 aliphatic rings. The molecule has 0 bridgehead atoms. The molecule has 1 aliphatic heterocycles. The first-order valence-electron chi connectivity index (χ1n) is 13.8. The monoisotopic (exact) mass is 514 g/mol. The molecule has 1 aromatic rings. The summed E-state index contributed by atoms with van der Waals surface area (Å²) in [7, 11) is 0. The predicted molar refractivity (Wildman–Crippen MR) is 137 cm³/mol. The molecular formula is C30H42O7. The van der Waals surface area contributed by atoms with Crippen molar-refractivity contribution >= 4 is 11.9 Å². The van der Waals surface area contributed by atoms with Crippen LogP contribution < -0.4 is 10.2 Å². The van der Waals surface area contributed by atoms with Crippen molar-refractivity contribution in [3.63, 3.8) is 0 Å². The molecule has 7 heteroatoms. The fourth-order valence-corrected chi connectivity index (χ4v) is 9.49. The Bertz CT molecular complexity index is 1180. The molecule has 37 heavy (non-hydrogen) atoms. The van der Waals surface area contributed by atoms with Crippen LogP contribution in [0, 0.1) is 40.9 Å². The van der Waals surface area contributed by atoms with Crippen molar-refractivity contribution in [3.8, 4) is 5.95 Å². The molecule has 0 unspecified atom stereocenters. The number of aryl methyl sites for hydroxylation is 1. The second-order valence-electron chi connectivity index (χ2n) is 13.5. The van der Waals surface area contributed by atoms with Crippen LogP contribution in [0.1, 0.15) is 91.9 Å². The number of carbonyl (C=O) groups excluding carboxylic acids is 2. The molecule has 2 heterocycles. The third kappa shape index (κ3) is 3.77. The Morgan fingerprint density at radius 3 is 2.19 bits per heavy atom. The number of hydrogen-bond acceptors (Lipinski definition) is 7. The lowest BCUT2D eigenvalue weighted by molar-refractivity contribution is -0.265. The largest absolute Gasteiger partial charge is 0.462 e. The van der Waals surface area contributed by atoms with Crippen molar-refractivity contribution in [2.24, 2.45) is 34.0 Å². The average Bonchev–Trinajstić information content (AvgIpc) is 2.75. The molecule has 0 saturated heterocycles. The van der Waals surface area contributed by atoms with E-state index in [0.29, 0.717) is 30.1 Å². The summed E-state index contributed by atoms with van der Waals surface area (Å²) in [6.07, 6.45) is 4.10. The van der Waals surface area contributed by atoms with E-state index >= 15 is 0 Å². The molecule has 3 saturated carbocycles. The standard InChI is InChI=1S/C30H42O7/c1-16-13-20(33)19-14-23-28(6)11-9-21-27(4,5)24(35-17(2)31)15-25(36-18(3)32)30(21,8)22(28)10-12-29(23,7)37-26(19)34-16/h13,21-25H,9-12,14-15H2,1-8H3/t21-,22-,23-,24-,25+,28+,29-,30-/m0/s1. The molecule has 0 radical (unpaired) electrons. The lowest BCUT2D eigenvalue weighted by Crippen LogP contribution is -2.70. The second-order valence-corrected chi connectivity index (χ2v) is 13.5. The highest BCUT2D eigenvalue weighted by Gasteiger charge is 2.70. The predicted octanol–water partition coefficient (Wildman–Crippen LogP) is 5.38. The van der Waals surface area contributed by atoms with Crippen molar-refractivity contribution in [2.75, 3.05) is 0 Å². The molecular weight excluding hydrogens is 472 g/mol. The Kier molecular flexibility index (Phi) is 5.93. The van der Waals surface area contributed by atoms with Gasteiger partial charge in [0.15, 0.2) is 5.43 Å². The zero-order valence-corrected chi connectivity index (χ0v) is 23.6. The molecule has 8 atom stereocenters. The summed E-state index contributed by atoms with van der Waals surface area (Å²) in [6.45, 7) is 15.9. The first-order valence-corrected chi connectivity index (χ1v) is 13.8. The molecule has 5 rings (SSSR count). The van der Waals surface area contributed by atoms with Gasteiger partial charge in [0.25, 0.3) is 5.95 Å². The molecule has 0 spiro atoms. The van der Waals surface area contributed by atoms with Gasteiger partial charge >= 0.3 is 11.9 Å². The Morgan fingerprint density at radius 1 is 0.919 bits per heavy atom. The van der Waals surface area contributed by atoms with Crippen molar-refractivity contribution in [3.05, 3.63) is 27.6 Å². The number of esters is 2. The van der Waals surface area contributed by atoms with Gasteiger partial charge in [-0.25, -0.2) is 0 Å². The Morgan fingerprint density at radius 2 is 1.54 bits per heavy atom. The van der Waals surface area contributed by atoms with Gasteiger partial charge < -0.3 is 18.6 Å². The summed E-state index contributed by atoms with van der Waals surface area (Å²) >= 11 is 0. The van der Waals surface area contributed by atoms with Gasteiger partial charge in [-0.2, -0.15) is 0 Å². The van der Waals surface area contributed by atoms with E-state index in [1.54, 1.807) is 13.0 Å². The third-order valence-corrected chi connectivity index (χ3v) is 11.1. The highest BCUT2D eigenvalue weighted by molar-refractivity contribution is 5.67. The Labute approximate surface area is 219 Å². The van der Waals surface area contributed by atoms with Crippen molar-refractivity contribution in [1.82, 2.24) is 0 Å². The van der Waals surface area contributed by atoms with E-state index in [1.165, 1.54) is 13.8 Å². The van der Waals surface area contributed by atoms with Crippen LogP contribution in [0.5, 0.6) is 5.95 Å². The van der Waals surface area contributed by atoms with Crippen molar-refractivity contribution < 1.29 is 28.2 Å². The zero-order chi connectivity index (χ0) is 27.1. The van der Waals surface area contributed by atoms with Crippen LogP contribution in [0.3, 0.4) is 0 Å². The van der Waals surface area contributed by atoms with Gasteiger partial charge in [0.05, 0.1) is 5.56 Å². The number of rotatable bonds is 2. The summed E-state index contributed by atoms with van der Waals surface area (Å²) in [5.41, 5.74) is -0.529. The first-order chi connectivity index (χ1) is 17.1. The van der Waals surface area contributed by atoms with Crippen LogP contribution in [0.2, 0.25) is 0 Å². The SMILES string of the molecule is CC(=O)O[C@H]1C[C@@H](OC(C)=O)[C@@]2(C)[C@@H](CC[C@]3(C)[C@@H]2CC[C@]2(C)Oc4oc(C)cc(=O)c4C[C@@H]32)C1(C)C. The minimum Gasteiger partial charge on any atom is -0.462 e. The van der Waals surface area contributed by atoms with E-state index in [4.69, 9.17) is 18.6 Å². The van der Waals surface area contributed by atoms with E-state index in [1.807, 2.05) is 0 Å². The van der Waals surface area contributed by atoms with Gasteiger partial charge in [-0.15, -0.1) is 0 Å². The second kappa shape index (κ2) is 8.34. The van der Waals surface area contributed by atoms with E-state index in [2.05, 4.69) is 34.6 Å². The van der Waals surface area contributed by atoms with Gasteiger partial charge in [-0.05, 0) is 63.2 Å². The molecule has 0 N–H and O–H groups in total. The summed E-state index contributed by atoms with van der Waals surface area (Å²) in [4.78, 5) is 37.3. The van der Waals surface area contributed by atoms with Crippen LogP contribution >= 0.6 is 0 Å². The average molecular weight is 515 g/mol. The number of fused-ring (bicyclic) bond motifs is 6. The molecule has 204 valence electrons. The number of carbonyl (C=O) groups is 2. The molecule has 1 aromatic heterocycles. The van der Waals surface area contributed by atoms with Crippen LogP contribution in [-0.2, 0) is 25.5 Å². The number of hydrogen-bond donors (Lipinski definition) is 0. The molecule has 0 amide bonds. The molecule has 7 nitrogen and oxygen atoms in total. The maximum atomic E-state index is 13.0. The molecule has 3 aliphatic carbocycles. The fraction of sp³-hybridized carbons (Fsp3) is 0.767. The summed E-state index contributed by atoms with van der Waals surface area (Å²) in [5, 5.41) is 0. The lowest BCUT2D eigenvalue weighted by Gasteiger charge is -2.70. The van der Waals surface area contributed by atoms with Crippen molar-refractivity contribution in [1.29, 1.82) is 0 Å². The summed E-state index contributed by atoms with van der Waals surface area (Å²) in [5.74, 6) is 0.922. The Balaban J connectivity index is 1.59. The van der Waals surface area contributed by atoms with Crippen LogP contribution in [0.15, 0.2) is 15.3 Å². The highest BCUT2D eigenvalue weighted by Crippen LogP contribution is 2.71. The van der Waals surface area contributed by atoms with Crippen LogP contribution in [-0.4, -0.2) is 29.7 Å². The van der Waals surface area contributed by atoms with Gasteiger partial charge in [-0.3, -0.25) is 14.4 Å². The van der Waals surface area contributed by atoms with E-state index in [0.717, 1.165) is 25.7 Å². The zero-order valence-electron chi connectivity index (χ0n) is 23.6. The van der Waals surface area contributed by atoms with Gasteiger partial charge in [0.2, 0.25) is 0 Å². The smallest absolute Gasteiger partial charge is 0.302 e. The normalized spacial score (nSPS) is 41.7. The van der Waals surface area contributed by atoms with Gasteiger partial charge in [-0.1, -0.05) is 27.7 Å². The molecule has 0 aromatic carbocycles. The summed E-state index contributed by atoms with van der Waals surface area (Å²) in [6, 6.07) is 1.56. The highest BCUT2D eigenvalue weighted by atomic mass is 16.6. The van der Waals surface area contributed by atoms with Gasteiger partial charge in [0, 0.05) is 43.1 Å². The van der Waals surface area contributed by atoms with E-state index in [-0.39, 0.29) is 63.6 Å². The summed E-state index contributed by atoms with van der Waals surface area (Å²) < 4.78 is 24.4. The minimum atomic E-state index is -0.438. The maximum Gasteiger partial charge on any atom is 0.302 e. The first kappa shape index (κ1) is 26.3. The van der Waals surface area contributed by atoms with E-state index in [9.17, 15) is 14.4 Å². The third-order valence-electron chi connectivity index (χ3n) is 11.1. The molecule has 3 fully saturated rings. The van der Waals surface area contributed by atoms with Crippen LogP contribution in [0.4, 0.5) is 0 Å². The topological polar surface area (TPSA) is 92.0 Å². The number of ether oxygens (including phenoxy) is 3. The minimum absolute atomic E-state index is 0.0211. The lowest BCUT2D eigenvalue weighted by atomic mass is 9.37. The Hall–Kier alpha value is -2.31. The van der Waals surface area contributed by atoms with Gasteiger partial charge in [0.1, 0.15) is 23.6 Å². The van der Waals surface area contributed by atoms with Crippen molar-refractivity contribution in [2.45, 2.75) is 112 Å². The van der Waals surface area contributed by atoms with Crippen LogP contribution in [0.25, 0.3) is 0 Å². The maximum absolute atomic E-state index is 13.0. The fourth-order valence-electron chi connectivity index (χ4n) is 9.49.